The Hall–Kier alpha value is -2.24. The van der Waals surface area contributed by atoms with Crippen molar-refractivity contribution in [2.45, 2.75) is 0 Å². The van der Waals surface area contributed by atoms with Crippen molar-refractivity contribution in [1.82, 2.24) is 15.0 Å². The van der Waals surface area contributed by atoms with Crippen LogP contribution in [0.25, 0.3) is 11.0 Å². The summed E-state index contributed by atoms with van der Waals surface area (Å²) in [4.78, 5) is 22.9. The van der Waals surface area contributed by atoms with E-state index >= 15 is 0 Å². The summed E-state index contributed by atoms with van der Waals surface area (Å²) in [6, 6.07) is 3.52. The summed E-state index contributed by atoms with van der Waals surface area (Å²) in [6.07, 6.45) is 2.96. The molecule has 16 heavy (non-hydrogen) atoms. The molecule has 0 saturated carbocycles. The first kappa shape index (κ1) is 10.3. The smallest absolute Gasteiger partial charge is 0.343 e. The highest BCUT2D eigenvalue weighted by Gasteiger charge is 2.07. The molecule has 0 unspecified atom stereocenters. The summed E-state index contributed by atoms with van der Waals surface area (Å²) in [5.41, 5.74) is 0.525. The normalized spacial score (nSPS) is 10.1. The molecule has 2 heterocycles. The van der Waals surface area contributed by atoms with E-state index in [2.05, 4.69) is 19.7 Å². The summed E-state index contributed by atoms with van der Waals surface area (Å²) in [5, 5.41) is 0.661. The molecular weight excluding hydrogens is 210 g/mol. The van der Waals surface area contributed by atoms with Crippen LogP contribution in [0, 0.1) is 0 Å². The van der Waals surface area contributed by atoms with Gasteiger partial charge in [0.1, 0.15) is 6.33 Å². The molecule has 0 bridgehead atoms. The van der Waals surface area contributed by atoms with Gasteiger partial charge in [-0.3, -0.25) is 0 Å². The summed E-state index contributed by atoms with van der Waals surface area (Å²) in [7, 11) is 1.30. The fraction of sp³-hybridized carbons (Fsp3) is 0.200. The first-order valence-corrected chi connectivity index (χ1v) is 4.56. The Bertz CT molecular complexity index is 510. The maximum absolute atomic E-state index is 10.9. The Morgan fingerprint density at radius 1 is 1.38 bits per heavy atom. The summed E-state index contributed by atoms with van der Waals surface area (Å²) < 4.78 is 9.67. The maximum Gasteiger partial charge on any atom is 0.343 e. The number of methoxy groups -OCH3 is 1. The Balaban J connectivity index is 2.27. The van der Waals surface area contributed by atoms with Crippen molar-refractivity contribution in [2.75, 3.05) is 13.7 Å². The topological polar surface area (TPSA) is 74.2 Å². The quantitative estimate of drug-likeness (QED) is 0.703. The minimum atomic E-state index is -0.462. The van der Waals surface area contributed by atoms with Crippen LogP contribution in [0.4, 0.5) is 0 Å². The number of carbonyl (C=O) groups excluding carboxylic acids is 1. The molecule has 0 amide bonds. The fourth-order valence-electron chi connectivity index (χ4n) is 1.17. The zero-order valence-electron chi connectivity index (χ0n) is 8.58. The lowest BCUT2D eigenvalue weighted by Crippen LogP contribution is -2.13. The molecule has 0 fully saturated rings. The van der Waals surface area contributed by atoms with Crippen LogP contribution in [-0.4, -0.2) is 34.6 Å². The fourth-order valence-corrected chi connectivity index (χ4v) is 1.17. The van der Waals surface area contributed by atoms with Gasteiger partial charge >= 0.3 is 5.97 Å². The molecule has 6 nitrogen and oxygen atoms in total. The third kappa shape index (κ3) is 2.05. The minimum Gasteiger partial charge on any atom is -0.466 e. The molecule has 0 atom stereocenters. The second-order valence-corrected chi connectivity index (χ2v) is 2.92. The third-order valence-electron chi connectivity index (χ3n) is 1.93. The molecule has 0 aliphatic rings. The molecule has 2 aromatic rings. The van der Waals surface area contributed by atoms with Gasteiger partial charge < -0.3 is 9.47 Å². The first-order valence-electron chi connectivity index (χ1n) is 4.56. The van der Waals surface area contributed by atoms with E-state index in [4.69, 9.17) is 4.74 Å². The number of ether oxygens (including phenoxy) is 2. The number of hydrogen-bond acceptors (Lipinski definition) is 6. The van der Waals surface area contributed by atoms with E-state index in [0.717, 1.165) is 0 Å². The lowest BCUT2D eigenvalue weighted by atomic mass is 10.3. The number of esters is 1. The highest BCUT2D eigenvalue weighted by molar-refractivity contribution is 5.80. The number of aromatic nitrogens is 3. The van der Waals surface area contributed by atoms with Crippen molar-refractivity contribution in [3.8, 4) is 5.88 Å². The van der Waals surface area contributed by atoms with Crippen LogP contribution >= 0.6 is 0 Å². The third-order valence-corrected chi connectivity index (χ3v) is 1.93. The summed E-state index contributed by atoms with van der Waals surface area (Å²) in [5.74, 6) is -0.140. The first-order chi connectivity index (χ1) is 7.81. The average molecular weight is 219 g/mol. The van der Waals surface area contributed by atoms with E-state index in [1.807, 2.05) is 0 Å². The number of hydrogen-bond donors (Lipinski definition) is 0. The molecular formula is C10H9N3O3. The van der Waals surface area contributed by atoms with Gasteiger partial charge in [-0.15, -0.1) is 0 Å². The van der Waals surface area contributed by atoms with E-state index < -0.39 is 5.97 Å². The zero-order chi connectivity index (χ0) is 11.4. The SMILES string of the molecule is COC(=O)COc1ncnc2ncccc12. The van der Waals surface area contributed by atoms with Gasteiger partial charge in [0.25, 0.3) is 0 Å². The highest BCUT2D eigenvalue weighted by Crippen LogP contribution is 2.18. The van der Waals surface area contributed by atoms with Gasteiger partial charge in [-0.25, -0.2) is 19.7 Å². The van der Waals surface area contributed by atoms with Crippen LogP contribution in [-0.2, 0) is 9.53 Å². The van der Waals surface area contributed by atoms with Gasteiger partial charge in [0.05, 0.1) is 12.5 Å². The van der Waals surface area contributed by atoms with Crippen LogP contribution in [0.15, 0.2) is 24.7 Å². The molecule has 0 saturated heterocycles. The Kier molecular flexibility index (Phi) is 2.90. The number of nitrogens with zero attached hydrogens (tertiary/aromatic N) is 3. The molecule has 0 aliphatic carbocycles. The summed E-state index contributed by atoms with van der Waals surface area (Å²) in [6.45, 7) is -0.183. The van der Waals surface area contributed by atoms with Crippen molar-refractivity contribution in [1.29, 1.82) is 0 Å². The predicted octanol–water partition coefficient (Wildman–Crippen LogP) is 0.577. The van der Waals surface area contributed by atoms with E-state index in [-0.39, 0.29) is 6.61 Å². The summed E-state index contributed by atoms with van der Waals surface area (Å²) >= 11 is 0. The molecule has 0 aliphatic heterocycles. The van der Waals surface area contributed by atoms with Gasteiger partial charge in [-0.05, 0) is 12.1 Å². The van der Waals surface area contributed by atoms with E-state index in [9.17, 15) is 4.79 Å². The van der Waals surface area contributed by atoms with Crippen molar-refractivity contribution in [2.24, 2.45) is 0 Å². The molecule has 2 rings (SSSR count). The molecule has 82 valence electrons. The average Bonchev–Trinajstić information content (AvgIpc) is 2.35. The standard InChI is InChI=1S/C10H9N3O3/c1-15-8(14)5-16-10-7-3-2-4-11-9(7)12-6-13-10/h2-4,6H,5H2,1H3. The second kappa shape index (κ2) is 4.52. The number of pyridine rings is 1. The zero-order valence-corrected chi connectivity index (χ0v) is 8.58. The molecule has 0 N–H and O–H groups in total. The van der Waals surface area contributed by atoms with Crippen molar-refractivity contribution in [3.05, 3.63) is 24.7 Å². The van der Waals surface area contributed by atoms with Crippen LogP contribution in [0.1, 0.15) is 0 Å². The van der Waals surface area contributed by atoms with E-state index in [1.165, 1.54) is 13.4 Å². The molecule has 6 heteroatoms. The minimum absolute atomic E-state index is 0.183. The highest BCUT2D eigenvalue weighted by atomic mass is 16.6. The van der Waals surface area contributed by atoms with E-state index in [0.29, 0.717) is 16.9 Å². The van der Waals surface area contributed by atoms with E-state index in [1.54, 1.807) is 18.3 Å². The van der Waals surface area contributed by atoms with Crippen LogP contribution in [0.2, 0.25) is 0 Å². The maximum atomic E-state index is 10.9. The molecule has 0 radical (unpaired) electrons. The monoisotopic (exact) mass is 219 g/mol. The van der Waals surface area contributed by atoms with Crippen LogP contribution in [0.3, 0.4) is 0 Å². The number of rotatable bonds is 3. The van der Waals surface area contributed by atoms with Crippen LogP contribution < -0.4 is 4.74 Å². The molecule has 2 aromatic heterocycles. The van der Waals surface area contributed by atoms with Gasteiger partial charge in [0.15, 0.2) is 12.3 Å². The number of carbonyl (C=O) groups is 1. The van der Waals surface area contributed by atoms with Crippen LogP contribution in [0.5, 0.6) is 5.88 Å². The lowest BCUT2D eigenvalue weighted by Gasteiger charge is -2.05. The molecule has 0 spiro atoms. The van der Waals surface area contributed by atoms with Crippen molar-refractivity contribution >= 4 is 17.0 Å². The van der Waals surface area contributed by atoms with Crippen molar-refractivity contribution < 1.29 is 14.3 Å². The van der Waals surface area contributed by atoms with Crippen molar-refractivity contribution in [3.63, 3.8) is 0 Å². The largest absolute Gasteiger partial charge is 0.466 e. The molecule has 0 aromatic carbocycles. The predicted molar refractivity (Wildman–Crippen MR) is 54.8 cm³/mol. The Morgan fingerprint density at radius 3 is 3.06 bits per heavy atom. The van der Waals surface area contributed by atoms with Gasteiger partial charge in [0, 0.05) is 6.20 Å². The second-order valence-electron chi connectivity index (χ2n) is 2.92. The van der Waals surface area contributed by atoms with Gasteiger partial charge in [-0.1, -0.05) is 0 Å². The van der Waals surface area contributed by atoms with Gasteiger partial charge in [-0.2, -0.15) is 0 Å². The Labute approximate surface area is 91.3 Å². The number of fused-ring (bicyclic) bond motifs is 1. The Morgan fingerprint density at radius 2 is 2.25 bits per heavy atom. The van der Waals surface area contributed by atoms with Gasteiger partial charge in [0.2, 0.25) is 5.88 Å². The lowest BCUT2D eigenvalue weighted by molar-refractivity contribution is -0.142.